The molecule has 0 saturated carbocycles. The van der Waals surface area contributed by atoms with Crippen LogP contribution in [0.4, 0.5) is 17.2 Å². The molecule has 0 fully saturated rings. The molecule has 0 bridgehead atoms. The third kappa shape index (κ3) is 5.36. The monoisotopic (exact) mass is 484 g/mol. The zero-order chi connectivity index (χ0) is 23.3. The zero-order valence-corrected chi connectivity index (χ0v) is 19.7. The van der Waals surface area contributed by atoms with Crippen molar-refractivity contribution < 1.29 is 4.42 Å². The van der Waals surface area contributed by atoms with Crippen LogP contribution in [0.1, 0.15) is 5.76 Å². The summed E-state index contributed by atoms with van der Waals surface area (Å²) in [5, 5.41) is 13.2. The lowest BCUT2D eigenvalue weighted by Gasteiger charge is -2.11. The van der Waals surface area contributed by atoms with E-state index in [1.165, 1.54) is 10.8 Å². The van der Waals surface area contributed by atoms with E-state index in [-0.39, 0.29) is 0 Å². The predicted octanol–water partition coefficient (Wildman–Crippen LogP) is 7.38. The number of nitrogens with zero attached hydrogens (tertiary/aromatic N) is 1. The van der Waals surface area contributed by atoms with Crippen LogP contribution in [0.25, 0.3) is 22.1 Å². The van der Waals surface area contributed by atoms with E-state index >= 15 is 0 Å². The molecular weight excluding hydrogens is 464 g/mol. The molecule has 3 N–H and O–H groups in total. The Balaban J connectivity index is 1.14. The molecule has 7 heteroatoms. The lowest BCUT2D eigenvalue weighted by Crippen LogP contribution is -2.27. The van der Waals surface area contributed by atoms with E-state index in [1.54, 1.807) is 6.20 Å². The minimum Gasteiger partial charge on any atom is -0.459 e. The van der Waals surface area contributed by atoms with Crippen molar-refractivity contribution in [3.05, 3.63) is 108 Å². The van der Waals surface area contributed by atoms with Crippen molar-refractivity contribution in [1.82, 2.24) is 10.3 Å². The number of furan rings is 1. The fraction of sp³-hybridized carbons (Fsp3) is 0.0370. The van der Waals surface area contributed by atoms with Gasteiger partial charge in [0.05, 0.1) is 18.4 Å². The van der Waals surface area contributed by atoms with Crippen LogP contribution in [0.15, 0.2) is 102 Å². The average molecular weight is 485 g/mol. The molecule has 168 valence electrons. The molecule has 0 aliphatic rings. The maximum absolute atomic E-state index is 5.95. The molecule has 0 amide bonds. The van der Waals surface area contributed by atoms with Crippen molar-refractivity contribution in [2.75, 3.05) is 10.6 Å². The number of hydrogen-bond acceptors (Lipinski definition) is 4. The first kappa shape index (κ1) is 21.9. The topological polar surface area (TPSA) is 62.1 Å². The van der Waals surface area contributed by atoms with Crippen LogP contribution in [-0.4, -0.2) is 10.1 Å². The Bertz CT molecular complexity index is 1430. The van der Waals surface area contributed by atoms with E-state index in [2.05, 4.69) is 45.2 Å². The lowest BCUT2D eigenvalue weighted by atomic mass is 10.1. The first-order chi connectivity index (χ1) is 16.6. The molecule has 0 aliphatic heterocycles. The van der Waals surface area contributed by atoms with Gasteiger partial charge in [0, 0.05) is 16.3 Å². The van der Waals surface area contributed by atoms with Gasteiger partial charge in [-0.3, -0.25) is 0 Å². The van der Waals surface area contributed by atoms with Gasteiger partial charge in [-0.2, -0.15) is 0 Å². The zero-order valence-electron chi connectivity index (χ0n) is 18.1. The van der Waals surface area contributed by atoms with Gasteiger partial charge in [-0.1, -0.05) is 41.9 Å². The minimum atomic E-state index is 0.467. The van der Waals surface area contributed by atoms with E-state index in [1.807, 2.05) is 66.7 Å². The Morgan fingerprint density at radius 1 is 0.853 bits per heavy atom. The summed E-state index contributed by atoms with van der Waals surface area (Å²) < 4.78 is 5.90. The lowest BCUT2D eigenvalue weighted by molar-refractivity contribution is 0.516. The fourth-order valence-corrected chi connectivity index (χ4v) is 3.86. The summed E-state index contributed by atoms with van der Waals surface area (Å²) in [4.78, 5) is 4.48. The van der Waals surface area contributed by atoms with Crippen LogP contribution >= 0.6 is 23.8 Å². The van der Waals surface area contributed by atoms with Crippen LogP contribution in [0.2, 0.25) is 5.02 Å². The Hall–Kier alpha value is -3.87. The number of hydrogen-bond donors (Lipinski definition) is 3. The van der Waals surface area contributed by atoms with Crippen molar-refractivity contribution in [2.24, 2.45) is 0 Å². The highest BCUT2D eigenvalue weighted by molar-refractivity contribution is 7.80. The molecule has 0 aliphatic carbocycles. The maximum atomic E-state index is 5.95. The van der Waals surface area contributed by atoms with Gasteiger partial charge in [-0.05, 0) is 83.7 Å². The van der Waals surface area contributed by atoms with Crippen LogP contribution in [0.5, 0.6) is 0 Å². The van der Waals surface area contributed by atoms with E-state index in [4.69, 9.17) is 28.2 Å². The predicted molar refractivity (Wildman–Crippen MR) is 144 cm³/mol. The third-order valence-electron chi connectivity index (χ3n) is 5.26. The number of fused-ring (bicyclic) bond motifs is 1. The van der Waals surface area contributed by atoms with Gasteiger partial charge in [-0.15, -0.1) is 0 Å². The molecule has 0 atom stereocenters. The molecule has 0 unspecified atom stereocenters. The Kier molecular flexibility index (Phi) is 6.42. The van der Waals surface area contributed by atoms with Crippen LogP contribution in [-0.2, 0) is 6.54 Å². The average Bonchev–Trinajstić information content (AvgIpc) is 3.33. The smallest absolute Gasteiger partial charge is 0.171 e. The molecule has 5 rings (SSSR count). The van der Waals surface area contributed by atoms with Crippen molar-refractivity contribution >= 4 is 56.9 Å². The van der Waals surface area contributed by atoms with Crippen LogP contribution < -0.4 is 16.0 Å². The highest BCUT2D eigenvalue weighted by Crippen LogP contribution is 2.24. The molecule has 5 aromatic rings. The number of halogens is 1. The summed E-state index contributed by atoms with van der Waals surface area (Å²) in [5.74, 6) is 2.32. The normalized spacial score (nSPS) is 10.7. The molecule has 0 spiro atoms. The molecule has 34 heavy (non-hydrogen) atoms. The summed E-state index contributed by atoms with van der Waals surface area (Å²) >= 11 is 11.4. The maximum Gasteiger partial charge on any atom is 0.171 e. The number of anilines is 3. The summed E-state index contributed by atoms with van der Waals surface area (Å²) in [7, 11) is 0. The fourth-order valence-electron chi connectivity index (χ4n) is 3.54. The van der Waals surface area contributed by atoms with E-state index in [9.17, 15) is 0 Å². The van der Waals surface area contributed by atoms with E-state index in [0.717, 1.165) is 34.3 Å². The summed E-state index contributed by atoms with van der Waals surface area (Å²) in [6.07, 6.45) is 1.74. The molecule has 0 saturated heterocycles. The minimum absolute atomic E-state index is 0.467. The Morgan fingerprint density at radius 3 is 2.44 bits per heavy atom. The van der Waals surface area contributed by atoms with Gasteiger partial charge in [0.1, 0.15) is 17.3 Å². The van der Waals surface area contributed by atoms with Crippen LogP contribution in [0, 0.1) is 0 Å². The summed E-state index contributed by atoms with van der Waals surface area (Å²) in [6.45, 7) is 0.467. The largest absolute Gasteiger partial charge is 0.459 e. The van der Waals surface area contributed by atoms with Gasteiger partial charge < -0.3 is 20.4 Å². The third-order valence-corrected chi connectivity index (χ3v) is 5.76. The molecule has 2 aromatic heterocycles. The van der Waals surface area contributed by atoms with Gasteiger partial charge in [0.25, 0.3) is 0 Å². The molecular formula is C27H21ClN4OS. The van der Waals surface area contributed by atoms with E-state index in [0.29, 0.717) is 16.7 Å². The van der Waals surface area contributed by atoms with Crippen molar-refractivity contribution in [1.29, 1.82) is 0 Å². The van der Waals surface area contributed by atoms with Crippen molar-refractivity contribution in [3.63, 3.8) is 0 Å². The highest BCUT2D eigenvalue weighted by atomic mass is 35.5. The second-order valence-corrected chi connectivity index (χ2v) is 8.54. The summed E-state index contributed by atoms with van der Waals surface area (Å²) in [5.41, 5.74) is 2.75. The quantitative estimate of drug-likeness (QED) is 0.218. The molecule has 2 heterocycles. The first-order valence-corrected chi connectivity index (χ1v) is 11.5. The number of thiocarbonyl (C=S) groups is 1. The van der Waals surface area contributed by atoms with Gasteiger partial charge in [0.15, 0.2) is 5.11 Å². The molecule has 3 aromatic carbocycles. The van der Waals surface area contributed by atoms with E-state index < -0.39 is 0 Å². The SMILES string of the molecule is S=C(NCc1ccc(-c2ccc(Cl)cc2)o1)Nc1ccc(Nc2ccc3ccccc3c2)nc1. The molecule has 5 nitrogen and oxygen atoms in total. The number of rotatable bonds is 6. The first-order valence-electron chi connectivity index (χ1n) is 10.7. The Labute approximate surface area is 207 Å². The standard InChI is InChI=1S/C27H21ClN4OS/c28-21-8-5-19(6-9-21)25-13-12-24(33-25)17-30-27(34)32-23-11-14-26(29-16-23)31-22-10-7-18-3-1-2-4-20(18)15-22/h1-16H,17H2,(H,29,31)(H2,30,32,34). The number of nitrogens with one attached hydrogen (secondary N) is 3. The van der Waals surface area contributed by atoms with Crippen molar-refractivity contribution in [2.45, 2.75) is 6.54 Å². The number of benzene rings is 3. The second kappa shape index (κ2) is 9.95. The Morgan fingerprint density at radius 2 is 1.65 bits per heavy atom. The number of pyridine rings is 1. The van der Waals surface area contributed by atoms with Crippen molar-refractivity contribution in [3.8, 4) is 11.3 Å². The van der Waals surface area contributed by atoms with Crippen LogP contribution in [0.3, 0.4) is 0 Å². The van der Waals surface area contributed by atoms with Gasteiger partial charge in [-0.25, -0.2) is 4.98 Å². The number of aromatic nitrogens is 1. The highest BCUT2D eigenvalue weighted by Gasteiger charge is 2.06. The summed E-state index contributed by atoms with van der Waals surface area (Å²) in [6, 6.07) is 29.7. The van der Waals surface area contributed by atoms with Gasteiger partial charge >= 0.3 is 0 Å². The second-order valence-electron chi connectivity index (χ2n) is 7.70. The molecule has 0 radical (unpaired) electrons. The van der Waals surface area contributed by atoms with Gasteiger partial charge in [0.2, 0.25) is 0 Å².